The van der Waals surface area contributed by atoms with E-state index in [-0.39, 0.29) is 11.7 Å². The third-order valence-corrected chi connectivity index (χ3v) is 3.85. The number of halogens is 1. The van der Waals surface area contributed by atoms with Crippen molar-refractivity contribution in [1.29, 1.82) is 0 Å². The molecule has 6 nitrogen and oxygen atoms in total. The number of rotatable bonds is 3. The largest absolute Gasteiger partial charge is 0.311 e. The molecule has 7 heteroatoms. The smallest absolute Gasteiger partial charge is 0.222 e. The monoisotopic (exact) mass is 347 g/mol. The average molecular weight is 347 g/mol. The van der Waals surface area contributed by atoms with Gasteiger partial charge in [0.1, 0.15) is 17.3 Å². The Morgan fingerprint density at radius 2 is 1.88 bits per heavy atom. The number of imidazole rings is 1. The molecule has 26 heavy (non-hydrogen) atoms. The third kappa shape index (κ3) is 2.90. The van der Waals surface area contributed by atoms with E-state index in [1.54, 1.807) is 41.2 Å². The zero-order valence-corrected chi connectivity index (χ0v) is 13.8. The summed E-state index contributed by atoms with van der Waals surface area (Å²) in [6.45, 7) is 1.42. The van der Waals surface area contributed by atoms with Crippen molar-refractivity contribution in [1.82, 2.24) is 19.6 Å². The molecule has 4 rings (SSSR count). The molecule has 3 heterocycles. The number of carbonyl (C=O) groups is 1. The van der Waals surface area contributed by atoms with E-state index in [0.29, 0.717) is 17.2 Å². The fraction of sp³-hybridized carbons (Fsp3) is 0.0526. The predicted octanol–water partition coefficient (Wildman–Crippen LogP) is 3.56. The second-order valence-corrected chi connectivity index (χ2v) is 5.72. The zero-order chi connectivity index (χ0) is 18.1. The lowest BCUT2D eigenvalue weighted by Gasteiger charge is -2.07. The van der Waals surface area contributed by atoms with Crippen LogP contribution in [0.15, 0.2) is 60.9 Å². The number of hydrogen-bond acceptors (Lipinski definition) is 4. The van der Waals surface area contributed by atoms with Gasteiger partial charge < -0.3 is 5.32 Å². The fourth-order valence-corrected chi connectivity index (χ4v) is 2.78. The molecule has 128 valence electrons. The van der Waals surface area contributed by atoms with Crippen molar-refractivity contribution in [3.8, 4) is 22.5 Å². The van der Waals surface area contributed by atoms with Gasteiger partial charge in [-0.05, 0) is 48.5 Å². The van der Waals surface area contributed by atoms with Crippen molar-refractivity contribution in [2.24, 2.45) is 0 Å². The summed E-state index contributed by atoms with van der Waals surface area (Å²) in [5.74, 6) is -0.0790. The lowest BCUT2D eigenvalue weighted by atomic mass is 10.1. The van der Waals surface area contributed by atoms with Crippen molar-refractivity contribution in [2.45, 2.75) is 6.92 Å². The van der Waals surface area contributed by atoms with Gasteiger partial charge in [0.15, 0.2) is 5.65 Å². The Labute approximate surface area is 148 Å². The van der Waals surface area contributed by atoms with E-state index >= 15 is 0 Å². The Bertz CT molecular complexity index is 1100. The molecule has 0 aliphatic heterocycles. The summed E-state index contributed by atoms with van der Waals surface area (Å²) in [4.78, 5) is 20.1. The molecular formula is C19H14FN5O. The van der Waals surface area contributed by atoms with Crippen LogP contribution >= 0.6 is 0 Å². The van der Waals surface area contributed by atoms with E-state index in [2.05, 4.69) is 20.4 Å². The summed E-state index contributed by atoms with van der Waals surface area (Å²) in [6.07, 6.45) is 3.28. The molecule has 0 atom stereocenters. The van der Waals surface area contributed by atoms with Gasteiger partial charge in [-0.25, -0.2) is 18.9 Å². The second-order valence-electron chi connectivity index (χ2n) is 5.72. The van der Waals surface area contributed by atoms with Gasteiger partial charge in [-0.1, -0.05) is 0 Å². The van der Waals surface area contributed by atoms with E-state index in [0.717, 1.165) is 16.8 Å². The molecule has 1 N–H and O–H groups in total. The number of nitrogens with zero attached hydrogens (tertiary/aromatic N) is 4. The zero-order valence-electron chi connectivity index (χ0n) is 13.8. The maximum absolute atomic E-state index is 13.3. The van der Waals surface area contributed by atoms with Crippen LogP contribution in [0.1, 0.15) is 6.92 Å². The number of aromatic nitrogens is 4. The molecule has 1 amide bonds. The van der Waals surface area contributed by atoms with Crippen LogP contribution in [-0.4, -0.2) is 25.5 Å². The highest BCUT2D eigenvalue weighted by Crippen LogP contribution is 2.32. The lowest BCUT2D eigenvalue weighted by molar-refractivity contribution is -0.114. The van der Waals surface area contributed by atoms with Crippen LogP contribution in [-0.2, 0) is 4.79 Å². The Hall–Kier alpha value is -3.61. The van der Waals surface area contributed by atoms with Crippen LogP contribution in [0.25, 0.3) is 28.2 Å². The molecule has 0 bridgehead atoms. The Kier molecular flexibility index (Phi) is 3.89. The first-order valence-corrected chi connectivity index (χ1v) is 7.95. The summed E-state index contributed by atoms with van der Waals surface area (Å²) in [7, 11) is 0. The van der Waals surface area contributed by atoms with Gasteiger partial charge in [0.05, 0.1) is 5.69 Å². The van der Waals surface area contributed by atoms with Crippen molar-refractivity contribution >= 4 is 17.4 Å². The standard InChI is InChI=1S/C19H14FN5O/c1-12(26)23-16-11-14(8-10-21-16)19-18(13-4-6-15(20)7-5-13)24-17-3-2-9-22-25(17)19/h2-11H,1H3,(H,21,23,26). The lowest BCUT2D eigenvalue weighted by Crippen LogP contribution is -2.07. The van der Waals surface area contributed by atoms with Crippen LogP contribution < -0.4 is 5.32 Å². The second kappa shape index (κ2) is 6.36. The van der Waals surface area contributed by atoms with Gasteiger partial charge in [0.2, 0.25) is 5.91 Å². The normalized spacial score (nSPS) is 10.8. The van der Waals surface area contributed by atoms with Crippen molar-refractivity contribution in [3.63, 3.8) is 0 Å². The minimum absolute atomic E-state index is 0.204. The SMILES string of the molecule is CC(=O)Nc1cc(-c2c(-c3ccc(F)cc3)nc3cccnn23)ccn1. The summed E-state index contributed by atoms with van der Waals surface area (Å²) >= 11 is 0. The van der Waals surface area contributed by atoms with E-state index in [1.165, 1.54) is 19.1 Å². The van der Waals surface area contributed by atoms with E-state index in [4.69, 9.17) is 0 Å². The number of hydrogen-bond donors (Lipinski definition) is 1. The van der Waals surface area contributed by atoms with E-state index in [9.17, 15) is 9.18 Å². The van der Waals surface area contributed by atoms with Crippen molar-refractivity contribution in [3.05, 3.63) is 66.7 Å². The van der Waals surface area contributed by atoms with Gasteiger partial charge in [-0.15, -0.1) is 0 Å². The van der Waals surface area contributed by atoms with Gasteiger partial charge >= 0.3 is 0 Å². The van der Waals surface area contributed by atoms with Crippen LogP contribution in [0.4, 0.5) is 10.2 Å². The van der Waals surface area contributed by atoms with Crippen LogP contribution in [0.3, 0.4) is 0 Å². The third-order valence-electron chi connectivity index (χ3n) is 3.85. The number of anilines is 1. The molecule has 0 saturated carbocycles. The molecule has 0 aliphatic carbocycles. The summed E-state index contributed by atoms with van der Waals surface area (Å²) < 4.78 is 15.0. The quantitative estimate of drug-likeness (QED) is 0.615. The molecule has 0 spiro atoms. The Balaban J connectivity index is 1.95. The minimum atomic E-state index is -0.311. The van der Waals surface area contributed by atoms with Crippen LogP contribution in [0, 0.1) is 5.82 Å². The number of pyridine rings is 1. The Morgan fingerprint density at radius 3 is 2.65 bits per heavy atom. The highest BCUT2D eigenvalue weighted by Gasteiger charge is 2.17. The number of nitrogens with one attached hydrogen (secondary N) is 1. The summed E-state index contributed by atoms with van der Waals surface area (Å²) in [5.41, 5.74) is 3.63. The number of amides is 1. The van der Waals surface area contributed by atoms with Crippen LogP contribution in [0.5, 0.6) is 0 Å². The van der Waals surface area contributed by atoms with Crippen molar-refractivity contribution in [2.75, 3.05) is 5.32 Å². The first kappa shape index (κ1) is 15.9. The number of fused-ring (bicyclic) bond motifs is 1. The van der Waals surface area contributed by atoms with Gasteiger partial charge in [-0.3, -0.25) is 4.79 Å². The molecule has 0 saturated heterocycles. The fourth-order valence-electron chi connectivity index (χ4n) is 2.78. The van der Waals surface area contributed by atoms with Crippen LogP contribution in [0.2, 0.25) is 0 Å². The van der Waals surface area contributed by atoms with E-state index < -0.39 is 0 Å². The molecule has 3 aromatic heterocycles. The van der Waals surface area contributed by atoms with Crippen molar-refractivity contribution < 1.29 is 9.18 Å². The first-order valence-electron chi connectivity index (χ1n) is 7.95. The topological polar surface area (TPSA) is 72.2 Å². The number of benzene rings is 1. The van der Waals surface area contributed by atoms with Gasteiger partial charge in [-0.2, -0.15) is 5.10 Å². The highest BCUT2D eigenvalue weighted by atomic mass is 19.1. The van der Waals surface area contributed by atoms with Gasteiger partial charge in [0.25, 0.3) is 0 Å². The molecule has 1 aromatic carbocycles. The Morgan fingerprint density at radius 1 is 1.08 bits per heavy atom. The number of carbonyl (C=O) groups excluding carboxylic acids is 1. The van der Waals surface area contributed by atoms with Gasteiger partial charge in [0, 0.05) is 30.4 Å². The highest BCUT2D eigenvalue weighted by molar-refractivity contribution is 5.89. The maximum Gasteiger partial charge on any atom is 0.222 e. The molecule has 0 radical (unpaired) electrons. The molecule has 0 fully saturated rings. The average Bonchev–Trinajstić information content (AvgIpc) is 3.01. The first-order chi connectivity index (χ1) is 12.6. The van der Waals surface area contributed by atoms with E-state index in [1.807, 2.05) is 12.1 Å². The molecule has 0 aliphatic rings. The minimum Gasteiger partial charge on any atom is -0.311 e. The summed E-state index contributed by atoms with van der Waals surface area (Å²) in [5, 5.41) is 7.06. The molecule has 4 aromatic rings. The summed E-state index contributed by atoms with van der Waals surface area (Å²) in [6, 6.07) is 13.4. The maximum atomic E-state index is 13.3. The molecule has 0 unspecified atom stereocenters. The molecular weight excluding hydrogens is 333 g/mol. The predicted molar refractivity (Wildman–Crippen MR) is 95.9 cm³/mol.